The first-order valence-electron chi connectivity index (χ1n) is 11.4. The number of hydrogen-bond acceptors (Lipinski definition) is 8. The van der Waals surface area contributed by atoms with Crippen molar-refractivity contribution in [3.63, 3.8) is 0 Å². The number of nitrogens with one attached hydrogen (secondary N) is 1. The van der Waals surface area contributed by atoms with E-state index in [2.05, 4.69) is 9.97 Å². The fraction of sp³-hybridized carbons (Fsp3) is 0.192. The fourth-order valence-corrected chi connectivity index (χ4v) is 3.76. The number of methoxy groups -OCH3 is 1. The second kappa shape index (κ2) is 11.3. The van der Waals surface area contributed by atoms with Crippen LogP contribution in [0.1, 0.15) is 16.1 Å². The van der Waals surface area contributed by atoms with Crippen LogP contribution in [-0.4, -0.2) is 53.3 Å². The number of anilines is 2. The molecule has 11 nitrogen and oxygen atoms in total. The van der Waals surface area contributed by atoms with Crippen molar-refractivity contribution in [2.24, 2.45) is 0 Å². The van der Waals surface area contributed by atoms with E-state index in [0.29, 0.717) is 5.52 Å². The number of nitrogens with two attached hydrogens (primary N) is 1. The topological polar surface area (TPSA) is 150 Å². The molecular weight excluding hydrogens is 478 g/mol. The highest BCUT2D eigenvalue weighted by atomic mass is 16.5. The predicted molar refractivity (Wildman–Crippen MR) is 138 cm³/mol. The SMILES string of the molecule is COCCN(C(=O)COC(=O)c1ccc2ccccc2n1)c1c(N)n(Cc2ccccc2)c(=O)[nH]c1=O. The van der Waals surface area contributed by atoms with E-state index in [1.54, 1.807) is 42.5 Å². The lowest BCUT2D eigenvalue weighted by Crippen LogP contribution is -2.44. The number of nitrogens with zero attached hydrogens (tertiary/aromatic N) is 3. The number of aromatic nitrogens is 3. The van der Waals surface area contributed by atoms with Gasteiger partial charge in [-0.25, -0.2) is 14.6 Å². The number of hydrogen-bond donors (Lipinski definition) is 2. The number of aromatic amines is 1. The fourth-order valence-electron chi connectivity index (χ4n) is 3.76. The highest BCUT2D eigenvalue weighted by Crippen LogP contribution is 2.18. The molecule has 0 aliphatic carbocycles. The smallest absolute Gasteiger partial charge is 0.357 e. The van der Waals surface area contributed by atoms with Gasteiger partial charge in [0.1, 0.15) is 11.5 Å². The Balaban J connectivity index is 1.58. The molecule has 0 saturated carbocycles. The number of nitrogen functional groups attached to an aromatic ring is 1. The monoisotopic (exact) mass is 503 g/mol. The van der Waals surface area contributed by atoms with Gasteiger partial charge in [-0.1, -0.05) is 54.6 Å². The number of amides is 1. The number of carbonyl (C=O) groups is 2. The number of fused-ring (bicyclic) bond motifs is 1. The Morgan fingerprint density at radius 1 is 1.03 bits per heavy atom. The number of esters is 1. The predicted octanol–water partition coefficient (Wildman–Crippen LogP) is 1.55. The third-order valence-corrected chi connectivity index (χ3v) is 5.62. The molecule has 37 heavy (non-hydrogen) atoms. The van der Waals surface area contributed by atoms with Crippen LogP contribution in [0, 0.1) is 0 Å². The van der Waals surface area contributed by atoms with E-state index in [0.717, 1.165) is 20.4 Å². The molecule has 0 spiro atoms. The summed E-state index contributed by atoms with van der Waals surface area (Å²) < 4.78 is 11.4. The molecule has 11 heteroatoms. The van der Waals surface area contributed by atoms with E-state index in [4.69, 9.17) is 15.2 Å². The third kappa shape index (κ3) is 5.73. The molecule has 0 aliphatic rings. The van der Waals surface area contributed by atoms with Gasteiger partial charge < -0.3 is 15.2 Å². The van der Waals surface area contributed by atoms with Crippen LogP contribution in [0.2, 0.25) is 0 Å². The maximum atomic E-state index is 13.1. The number of rotatable bonds is 9. The van der Waals surface area contributed by atoms with Gasteiger partial charge in [0, 0.05) is 19.0 Å². The van der Waals surface area contributed by atoms with Gasteiger partial charge in [0.2, 0.25) is 0 Å². The van der Waals surface area contributed by atoms with Crippen LogP contribution in [-0.2, 0) is 20.8 Å². The lowest BCUT2D eigenvalue weighted by molar-refractivity contribution is -0.121. The summed E-state index contributed by atoms with van der Waals surface area (Å²) in [5.74, 6) is -1.74. The van der Waals surface area contributed by atoms with Crippen molar-refractivity contribution in [2.75, 3.05) is 37.5 Å². The molecule has 1 amide bonds. The molecule has 3 N–H and O–H groups in total. The molecule has 4 aromatic rings. The molecule has 0 saturated heterocycles. The van der Waals surface area contributed by atoms with Crippen molar-refractivity contribution >= 4 is 34.3 Å². The van der Waals surface area contributed by atoms with Gasteiger partial charge in [-0.3, -0.25) is 24.0 Å². The van der Waals surface area contributed by atoms with Crippen molar-refractivity contribution in [1.82, 2.24) is 14.5 Å². The minimum Gasteiger partial charge on any atom is -0.451 e. The van der Waals surface area contributed by atoms with Crippen molar-refractivity contribution in [3.8, 4) is 0 Å². The van der Waals surface area contributed by atoms with Gasteiger partial charge in [-0.2, -0.15) is 0 Å². The first-order valence-corrected chi connectivity index (χ1v) is 11.4. The second-order valence-corrected chi connectivity index (χ2v) is 8.07. The summed E-state index contributed by atoms with van der Waals surface area (Å²) in [6.07, 6.45) is 0. The molecule has 0 radical (unpaired) electrons. The number of carbonyl (C=O) groups excluding carboxylic acids is 2. The zero-order valence-electron chi connectivity index (χ0n) is 20.0. The molecule has 0 atom stereocenters. The first-order chi connectivity index (χ1) is 17.9. The van der Waals surface area contributed by atoms with Crippen molar-refractivity contribution in [3.05, 3.63) is 98.8 Å². The Kier molecular flexibility index (Phi) is 7.74. The minimum absolute atomic E-state index is 0.0312. The van der Waals surface area contributed by atoms with Crippen LogP contribution in [0.4, 0.5) is 11.5 Å². The summed E-state index contributed by atoms with van der Waals surface area (Å²) in [6, 6.07) is 19.5. The molecule has 0 bridgehead atoms. The maximum absolute atomic E-state index is 13.1. The zero-order chi connectivity index (χ0) is 26.4. The van der Waals surface area contributed by atoms with Gasteiger partial charge >= 0.3 is 11.7 Å². The van der Waals surface area contributed by atoms with Gasteiger partial charge in [-0.15, -0.1) is 0 Å². The van der Waals surface area contributed by atoms with Gasteiger partial charge in [0.15, 0.2) is 12.3 Å². The number of para-hydroxylation sites is 1. The van der Waals surface area contributed by atoms with Crippen LogP contribution >= 0.6 is 0 Å². The number of benzene rings is 2. The van der Waals surface area contributed by atoms with E-state index in [-0.39, 0.29) is 36.9 Å². The summed E-state index contributed by atoms with van der Waals surface area (Å²) in [7, 11) is 1.43. The van der Waals surface area contributed by atoms with E-state index in [9.17, 15) is 19.2 Å². The highest BCUT2D eigenvalue weighted by Gasteiger charge is 2.25. The largest absolute Gasteiger partial charge is 0.451 e. The second-order valence-electron chi connectivity index (χ2n) is 8.07. The Morgan fingerprint density at radius 3 is 2.51 bits per heavy atom. The molecule has 2 aromatic heterocycles. The third-order valence-electron chi connectivity index (χ3n) is 5.62. The molecule has 4 rings (SSSR count). The molecule has 190 valence electrons. The zero-order valence-corrected chi connectivity index (χ0v) is 20.0. The Hall–Kier alpha value is -4.77. The molecule has 2 heterocycles. The quantitative estimate of drug-likeness (QED) is 0.327. The summed E-state index contributed by atoms with van der Waals surface area (Å²) in [5, 5.41) is 0.848. The Bertz CT molecular complexity index is 1550. The highest BCUT2D eigenvalue weighted by molar-refractivity contribution is 5.98. The number of ether oxygens (including phenoxy) is 2. The van der Waals surface area contributed by atoms with Crippen molar-refractivity contribution < 1.29 is 19.1 Å². The van der Waals surface area contributed by atoms with E-state index >= 15 is 0 Å². The minimum atomic E-state index is -0.848. The van der Waals surface area contributed by atoms with Crippen LogP contribution in [0.5, 0.6) is 0 Å². The van der Waals surface area contributed by atoms with Crippen LogP contribution in [0.15, 0.2) is 76.3 Å². The van der Waals surface area contributed by atoms with Crippen LogP contribution in [0.3, 0.4) is 0 Å². The summed E-state index contributed by atoms with van der Waals surface area (Å²) in [6.45, 7) is -0.626. The Morgan fingerprint density at radius 2 is 1.76 bits per heavy atom. The summed E-state index contributed by atoms with van der Waals surface area (Å²) in [5.41, 5.74) is 5.83. The normalized spacial score (nSPS) is 10.8. The van der Waals surface area contributed by atoms with Gasteiger partial charge in [-0.05, 0) is 17.7 Å². The van der Waals surface area contributed by atoms with Crippen LogP contribution in [0.25, 0.3) is 10.9 Å². The molecule has 2 aromatic carbocycles. The molecule has 0 aliphatic heterocycles. The lowest BCUT2D eigenvalue weighted by Gasteiger charge is -2.24. The molecular formula is C26H25N5O6. The van der Waals surface area contributed by atoms with Crippen molar-refractivity contribution in [1.29, 1.82) is 0 Å². The maximum Gasteiger partial charge on any atom is 0.357 e. The van der Waals surface area contributed by atoms with E-state index in [1.165, 1.54) is 13.2 Å². The first kappa shape index (κ1) is 25.3. The van der Waals surface area contributed by atoms with E-state index < -0.39 is 29.7 Å². The summed E-state index contributed by atoms with van der Waals surface area (Å²) in [4.78, 5) is 58.5. The molecule has 0 fully saturated rings. The average molecular weight is 504 g/mol. The van der Waals surface area contributed by atoms with Crippen molar-refractivity contribution in [2.45, 2.75) is 6.54 Å². The van der Waals surface area contributed by atoms with E-state index in [1.807, 2.05) is 18.2 Å². The number of pyridine rings is 1. The number of H-pyrrole nitrogens is 1. The summed E-state index contributed by atoms with van der Waals surface area (Å²) >= 11 is 0. The Labute approximate surface area is 211 Å². The van der Waals surface area contributed by atoms with Gasteiger partial charge in [0.25, 0.3) is 11.5 Å². The molecule has 0 unspecified atom stereocenters. The lowest BCUT2D eigenvalue weighted by atomic mass is 10.2. The van der Waals surface area contributed by atoms with Crippen LogP contribution < -0.4 is 21.9 Å². The van der Waals surface area contributed by atoms with Gasteiger partial charge in [0.05, 0.1) is 18.7 Å². The standard InChI is InChI=1S/C26H25N5O6/c1-36-14-13-30(21(32)16-37-25(34)20-12-11-18-9-5-6-10-19(18)28-20)22-23(27)31(26(35)29-24(22)33)15-17-7-3-2-4-8-17/h2-12H,13-16,27H2,1H3,(H,29,33,35). The average Bonchev–Trinajstić information content (AvgIpc) is 2.91.